The van der Waals surface area contributed by atoms with E-state index in [1.54, 1.807) is 15.6 Å². The number of carbonyl (C=O) groups is 1. The summed E-state index contributed by atoms with van der Waals surface area (Å²) in [5, 5.41) is 8.46. The van der Waals surface area contributed by atoms with E-state index in [2.05, 4.69) is 26.0 Å². The van der Waals surface area contributed by atoms with Crippen LogP contribution in [0.3, 0.4) is 0 Å². The number of fused-ring (bicyclic) bond motifs is 2. The van der Waals surface area contributed by atoms with Crippen molar-refractivity contribution < 1.29 is 4.79 Å². The number of amides is 1. The molecule has 0 aliphatic carbocycles. The number of aromatic nitrogens is 3. The highest BCUT2D eigenvalue weighted by molar-refractivity contribution is 9.10. The molecule has 0 fully saturated rings. The van der Waals surface area contributed by atoms with Crippen LogP contribution in [0.5, 0.6) is 0 Å². The van der Waals surface area contributed by atoms with E-state index >= 15 is 0 Å². The largest absolute Gasteiger partial charge is 0.348 e. The number of rotatable bonds is 1. The zero-order chi connectivity index (χ0) is 16.1. The molecule has 0 spiro atoms. The van der Waals surface area contributed by atoms with Gasteiger partial charge in [-0.05, 0) is 34.1 Å². The van der Waals surface area contributed by atoms with Gasteiger partial charge in [0.05, 0.1) is 11.2 Å². The first-order chi connectivity index (χ1) is 11.0. The second kappa shape index (κ2) is 5.28. The molecular weight excluding hydrogens is 382 g/mol. The maximum absolute atomic E-state index is 12.8. The molecule has 8 heteroatoms. The van der Waals surface area contributed by atoms with Crippen LogP contribution in [0.1, 0.15) is 16.2 Å². The predicted molar refractivity (Wildman–Crippen MR) is 91.8 cm³/mol. The summed E-state index contributed by atoms with van der Waals surface area (Å²) < 4.78 is 2.61. The van der Waals surface area contributed by atoms with Crippen LogP contribution in [0.2, 0.25) is 5.15 Å². The Kier molecular flexibility index (Phi) is 3.35. The summed E-state index contributed by atoms with van der Waals surface area (Å²) in [5.41, 5.74) is 3.25. The van der Waals surface area contributed by atoms with Crippen molar-refractivity contribution in [1.82, 2.24) is 19.6 Å². The number of anilines is 1. The summed E-state index contributed by atoms with van der Waals surface area (Å²) in [6.45, 7) is 0.580. The van der Waals surface area contributed by atoms with Crippen molar-refractivity contribution in [3.63, 3.8) is 0 Å². The lowest BCUT2D eigenvalue weighted by atomic mass is 10.2. The molecule has 4 rings (SSSR count). The SMILES string of the molecule is CN1c2cc(Cl)[nH]c2CCN1C(=O)c1cc2ccc(Br)cn2n1. The van der Waals surface area contributed by atoms with Crippen LogP contribution in [-0.2, 0) is 6.42 Å². The number of hydrogen-bond acceptors (Lipinski definition) is 3. The minimum absolute atomic E-state index is 0.129. The van der Waals surface area contributed by atoms with Crippen LogP contribution in [-0.4, -0.2) is 39.1 Å². The van der Waals surface area contributed by atoms with Gasteiger partial charge >= 0.3 is 0 Å². The second-order valence-corrected chi connectivity index (χ2v) is 6.75. The van der Waals surface area contributed by atoms with Crippen molar-refractivity contribution in [2.75, 3.05) is 18.6 Å². The number of halogens is 2. The molecule has 3 aromatic rings. The maximum atomic E-state index is 12.8. The van der Waals surface area contributed by atoms with Gasteiger partial charge in [-0.15, -0.1) is 0 Å². The smallest absolute Gasteiger partial charge is 0.292 e. The van der Waals surface area contributed by atoms with E-state index < -0.39 is 0 Å². The molecule has 118 valence electrons. The number of nitrogens with one attached hydrogen (secondary N) is 1. The molecular formula is C15H13BrClN5O. The molecule has 0 atom stereocenters. The molecule has 0 bridgehead atoms. The van der Waals surface area contributed by atoms with E-state index in [0.717, 1.165) is 27.8 Å². The maximum Gasteiger partial charge on any atom is 0.292 e. The quantitative estimate of drug-likeness (QED) is 0.690. The molecule has 0 radical (unpaired) electrons. The van der Waals surface area contributed by atoms with Gasteiger partial charge in [0.15, 0.2) is 5.69 Å². The molecule has 1 N–H and O–H groups in total. The Balaban J connectivity index is 1.68. The molecule has 23 heavy (non-hydrogen) atoms. The summed E-state index contributed by atoms with van der Waals surface area (Å²) in [5.74, 6) is -0.129. The molecule has 1 amide bonds. The summed E-state index contributed by atoms with van der Waals surface area (Å²) >= 11 is 9.43. The zero-order valence-electron chi connectivity index (χ0n) is 12.3. The van der Waals surface area contributed by atoms with E-state index in [0.29, 0.717) is 17.4 Å². The first-order valence-corrected chi connectivity index (χ1v) is 8.28. The fourth-order valence-electron chi connectivity index (χ4n) is 2.86. The highest BCUT2D eigenvalue weighted by Gasteiger charge is 2.29. The third kappa shape index (κ3) is 2.40. The molecule has 3 aromatic heterocycles. The van der Waals surface area contributed by atoms with E-state index in [4.69, 9.17) is 11.6 Å². The first kappa shape index (κ1) is 14.6. The van der Waals surface area contributed by atoms with Gasteiger partial charge in [-0.25, -0.2) is 9.52 Å². The average molecular weight is 395 g/mol. The van der Waals surface area contributed by atoms with Crippen molar-refractivity contribution in [2.45, 2.75) is 6.42 Å². The van der Waals surface area contributed by atoms with Crippen LogP contribution in [0.4, 0.5) is 5.69 Å². The highest BCUT2D eigenvalue weighted by Crippen LogP contribution is 2.30. The van der Waals surface area contributed by atoms with Gasteiger partial charge < -0.3 is 4.98 Å². The Bertz CT molecular complexity index is 918. The van der Waals surface area contributed by atoms with Gasteiger partial charge in [0.2, 0.25) is 0 Å². The lowest BCUT2D eigenvalue weighted by molar-refractivity contribution is 0.0732. The van der Waals surface area contributed by atoms with Gasteiger partial charge in [-0.3, -0.25) is 9.80 Å². The van der Waals surface area contributed by atoms with Crippen molar-refractivity contribution in [1.29, 1.82) is 0 Å². The number of aromatic amines is 1. The molecule has 0 saturated heterocycles. The molecule has 0 saturated carbocycles. The minimum Gasteiger partial charge on any atom is -0.348 e. The highest BCUT2D eigenvalue weighted by atomic mass is 79.9. The zero-order valence-corrected chi connectivity index (χ0v) is 14.6. The fourth-order valence-corrected chi connectivity index (χ4v) is 3.41. The number of hydrogen-bond donors (Lipinski definition) is 1. The predicted octanol–water partition coefficient (Wildman–Crippen LogP) is 3.13. The monoisotopic (exact) mass is 393 g/mol. The Morgan fingerprint density at radius 3 is 3.04 bits per heavy atom. The third-order valence-electron chi connectivity index (χ3n) is 4.00. The first-order valence-electron chi connectivity index (χ1n) is 7.11. The Morgan fingerprint density at radius 1 is 1.39 bits per heavy atom. The molecule has 0 aromatic carbocycles. The van der Waals surface area contributed by atoms with Gasteiger partial charge in [-0.1, -0.05) is 11.6 Å². The minimum atomic E-state index is -0.129. The second-order valence-electron chi connectivity index (χ2n) is 5.43. The van der Waals surface area contributed by atoms with Crippen LogP contribution >= 0.6 is 27.5 Å². The Hall–Kier alpha value is -1.99. The fraction of sp³-hybridized carbons (Fsp3) is 0.200. The van der Waals surface area contributed by atoms with Crippen molar-refractivity contribution in [3.8, 4) is 0 Å². The van der Waals surface area contributed by atoms with E-state index in [1.165, 1.54) is 0 Å². The van der Waals surface area contributed by atoms with E-state index in [9.17, 15) is 4.79 Å². The number of H-pyrrole nitrogens is 1. The van der Waals surface area contributed by atoms with Crippen LogP contribution in [0, 0.1) is 0 Å². The molecule has 4 heterocycles. The normalized spacial score (nSPS) is 14.4. The van der Waals surface area contributed by atoms with Gasteiger partial charge in [-0.2, -0.15) is 5.10 Å². The topological polar surface area (TPSA) is 56.6 Å². The molecule has 0 unspecified atom stereocenters. The summed E-state index contributed by atoms with van der Waals surface area (Å²) in [6.07, 6.45) is 2.56. The Labute approximate surface area is 145 Å². The van der Waals surface area contributed by atoms with Crippen molar-refractivity contribution in [3.05, 3.63) is 51.5 Å². The van der Waals surface area contributed by atoms with E-state index in [1.807, 2.05) is 36.5 Å². The molecule has 1 aliphatic heterocycles. The number of hydrazine groups is 1. The van der Waals surface area contributed by atoms with Crippen LogP contribution < -0.4 is 5.01 Å². The summed E-state index contributed by atoms with van der Waals surface area (Å²) in [7, 11) is 1.85. The third-order valence-corrected chi connectivity index (χ3v) is 4.68. The molecule has 1 aliphatic rings. The van der Waals surface area contributed by atoms with Crippen molar-refractivity contribution >= 4 is 44.6 Å². The lowest BCUT2D eigenvalue weighted by Crippen LogP contribution is -2.48. The number of carbonyl (C=O) groups excluding carboxylic acids is 1. The lowest BCUT2D eigenvalue weighted by Gasteiger charge is -2.36. The Morgan fingerprint density at radius 2 is 2.22 bits per heavy atom. The average Bonchev–Trinajstić information content (AvgIpc) is 3.09. The summed E-state index contributed by atoms with van der Waals surface area (Å²) in [6, 6.07) is 7.46. The standard InChI is InChI=1S/C15H13BrClN5O/c1-20-13-7-14(17)18-11(13)4-5-22(20)15(23)12-6-10-3-2-9(16)8-21(10)19-12/h2-3,6-8,18H,4-5H2,1H3. The van der Waals surface area contributed by atoms with Gasteiger partial charge in [0, 0.05) is 42.4 Å². The van der Waals surface area contributed by atoms with Crippen LogP contribution in [0.15, 0.2) is 34.9 Å². The number of nitrogens with zero attached hydrogens (tertiary/aromatic N) is 4. The van der Waals surface area contributed by atoms with Gasteiger partial charge in [0.25, 0.3) is 5.91 Å². The van der Waals surface area contributed by atoms with Crippen LogP contribution in [0.25, 0.3) is 5.52 Å². The van der Waals surface area contributed by atoms with Crippen molar-refractivity contribution in [2.24, 2.45) is 0 Å². The summed E-state index contributed by atoms with van der Waals surface area (Å²) in [4.78, 5) is 15.9. The van der Waals surface area contributed by atoms with Gasteiger partial charge in [0.1, 0.15) is 5.15 Å². The van der Waals surface area contributed by atoms with E-state index in [-0.39, 0.29) is 5.91 Å². The number of pyridine rings is 1. The molecule has 6 nitrogen and oxygen atoms in total.